The van der Waals surface area contributed by atoms with Crippen molar-refractivity contribution in [2.45, 2.75) is 88.2 Å². The molecule has 0 N–H and O–H groups in total. The lowest BCUT2D eigenvalue weighted by molar-refractivity contribution is -0.253. The van der Waals surface area contributed by atoms with Gasteiger partial charge in [-0.3, -0.25) is 4.52 Å². The summed E-state index contributed by atoms with van der Waals surface area (Å²) in [6, 6.07) is 24.9. The highest BCUT2D eigenvalue weighted by Crippen LogP contribution is 2.49. The van der Waals surface area contributed by atoms with Gasteiger partial charge in [0.25, 0.3) is 0 Å². The topological polar surface area (TPSA) is 81.7 Å². The average Bonchev–Trinajstić information content (AvgIpc) is 3.63. The Bertz CT molecular complexity index is 1830. The van der Waals surface area contributed by atoms with E-state index in [1.54, 1.807) is 0 Å². The summed E-state index contributed by atoms with van der Waals surface area (Å²) in [4.78, 5) is 0. The monoisotopic (exact) mass is 614 g/mol. The summed E-state index contributed by atoms with van der Waals surface area (Å²) in [6.45, 7) is 4.20. The Morgan fingerprint density at radius 2 is 1.34 bits per heavy atom. The maximum Gasteiger partial charge on any atom is 0.387 e. The fourth-order valence-corrected chi connectivity index (χ4v) is 8.66. The van der Waals surface area contributed by atoms with Crippen LogP contribution < -0.4 is 4.52 Å². The van der Waals surface area contributed by atoms with E-state index in [-0.39, 0.29) is 6.10 Å². The summed E-state index contributed by atoms with van der Waals surface area (Å²) < 4.78 is 52.3. The molecule has 1 aliphatic carbocycles. The van der Waals surface area contributed by atoms with E-state index in [9.17, 15) is 0 Å². The molecule has 4 aromatic carbocycles. The molecule has 1 spiro atoms. The van der Waals surface area contributed by atoms with Crippen LogP contribution in [0.15, 0.2) is 81.2 Å². The Morgan fingerprint density at radius 1 is 0.705 bits per heavy atom. The third kappa shape index (κ3) is 4.51. The molecular weight excluding hydrogens is 579 g/mol. The smallest absolute Gasteiger partial charge is 0.387 e. The van der Waals surface area contributed by atoms with Crippen LogP contribution in [0.3, 0.4) is 0 Å². The van der Waals surface area contributed by atoms with E-state index >= 15 is 0 Å². The molecular formula is C35H35O8P. The molecule has 44 heavy (non-hydrogen) atoms. The Balaban J connectivity index is 1.20. The highest BCUT2D eigenvalue weighted by molar-refractivity contribution is 7.31. The van der Waals surface area contributed by atoms with Crippen LogP contribution in [0.2, 0.25) is 0 Å². The van der Waals surface area contributed by atoms with Crippen LogP contribution in [0, 0.1) is 0 Å². The van der Waals surface area contributed by atoms with E-state index in [1.165, 1.54) is 6.42 Å². The van der Waals surface area contributed by atoms with Gasteiger partial charge in [0.15, 0.2) is 17.9 Å². The number of benzene rings is 4. The van der Waals surface area contributed by atoms with Gasteiger partial charge >= 0.3 is 8.24 Å². The first kappa shape index (κ1) is 27.4. The molecule has 4 heterocycles. The normalized spacial score (nSPS) is 29.3. The summed E-state index contributed by atoms with van der Waals surface area (Å²) in [7, 11) is -1.92. The minimum absolute atomic E-state index is 0.357. The fourth-order valence-electron chi connectivity index (χ4n) is 7.47. The lowest BCUT2D eigenvalue weighted by Crippen LogP contribution is -2.46. The highest BCUT2D eigenvalue weighted by atomic mass is 31.1. The lowest BCUT2D eigenvalue weighted by atomic mass is 9.94. The van der Waals surface area contributed by atoms with Crippen LogP contribution in [-0.2, 0) is 23.7 Å². The van der Waals surface area contributed by atoms with E-state index in [2.05, 4.69) is 60.7 Å². The zero-order chi connectivity index (χ0) is 29.5. The molecule has 4 aliphatic rings. The van der Waals surface area contributed by atoms with Crippen molar-refractivity contribution in [3.8, 4) is 0 Å². The molecule has 9 rings (SSSR count). The Hall–Kier alpha value is -2.94. The Kier molecular flexibility index (Phi) is 6.40. The zero-order valence-corrected chi connectivity index (χ0v) is 25.7. The molecule has 9 heteroatoms. The van der Waals surface area contributed by atoms with Crippen molar-refractivity contribution in [1.82, 2.24) is 0 Å². The number of hydrogen-bond donors (Lipinski definition) is 0. The van der Waals surface area contributed by atoms with Gasteiger partial charge in [-0.25, -0.2) is 0 Å². The molecule has 3 saturated heterocycles. The quantitative estimate of drug-likeness (QED) is 0.201. The largest absolute Gasteiger partial charge is 0.399 e. The minimum Gasteiger partial charge on any atom is -0.399 e. The predicted octanol–water partition coefficient (Wildman–Crippen LogP) is 8.35. The van der Waals surface area contributed by atoms with Crippen LogP contribution in [0.1, 0.15) is 46.0 Å². The first-order chi connectivity index (χ1) is 21.5. The summed E-state index contributed by atoms with van der Waals surface area (Å²) in [5, 5.41) is 6.44. The van der Waals surface area contributed by atoms with Gasteiger partial charge in [-0.1, -0.05) is 67.1 Å². The van der Waals surface area contributed by atoms with Gasteiger partial charge in [-0.15, -0.1) is 0 Å². The van der Waals surface area contributed by atoms with Crippen LogP contribution in [0.25, 0.3) is 43.5 Å². The van der Waals surface area contributed by atoms with Crippen molar-refractivity contribution in [2.24, 2.45) is 0 Å². The fraction of sp³-hybridized carbons (Fsp3) is 0.429. The van der Waals surface area contributed by atoms with Crippen LogP contribution in [0.4, 0.5) is 0 Å². The first-order valence-corrected chi connectivity index (χ1v) is 16.7. The summed E-state index contributed by atoms with van der Waals surface area (Å²) in [5.74, 6) is -1.36. The summed E-state index contributed by atoms with van der Waals surface area (Å²) in [5.41, 5.74) is 1.43. The molecule has 0 bridgehead atoms. The molecule has 5 aromatic rings. The number of hydrogen-bond acceptors (Lipinski definition) is 8. The first-order valence-electron chi connectivity index (χ1n) is 15.7. The van der Waals surface area contributed by atoms with Crippen molar-refractivity contribution < 1.29 is 36.6 Å². The molecule has 5 atom stereocenters. The third-order valence-electron chi connectivity index (χ3n) is 9.49. The van der Waals surface area contributed by atoms with Gasteiger partial charge in [0.2, 0.25) is 0 Å². The molecule has 228 valence electrons. The second-order valence-corrected chi connectivity index (χ2v) is 13.8. The molecule has 1 saturated carbocycles. The van der Waals surface area contributed by atoms with Crippen LogP contribution in [0.5, 0.6) is 0 Å². The zero-order valence-electron chi connectivity index (χ0n) is 24.8. The van der Waals surface area contributed by atoms with E-state index in [0.29, 0.717) is 17.8 Å². The second-order valence-electron chi connectivity index (χ2n) is 12.8. The van der Waals surface area contributed by atoms with E-state index in [0.717, 1.165) is 58.0 Å². The molecule has 0 unspecified atom stereocenters. The molecule has 4 fully saturated rings. The maximum atomic E-state index is 6.87. The molecule has 3 aliphatic heterocycles. The number of rotatable bonds is 3. The van der Waals surface area contributed by atoms with E-state index in [4.69, 9.17) is 36.6 Å². The van der Waals surface area contributed by atoms with Crippen LogP contribution in [-0.4, -0.2) is 48.9 Å². The summed E-state index contributed by atoms with van der Waals surface area (Å²) >= 11 is 0. The highest BCUT2D eigenvalue weighted by Gasteiger charge is 2.61. The number of ether oxygens (including phenoxy) is 5. The number of fused-ring (bicyclic) bond motifs is 8. The Morgan fingerprint density at radius 3 is 1.95 bits per heavy atom. The Labute approximate surface area is 255 Å². The predicted molar refractivity (Wildman–Crippen MR) is 167 cm³/mol. The standard InChI is InChI=1S/C35H35O8P/c1-34(2)36-20-27(38-34)30-31(32-33(37-30)40-35(39-32)18-8-3-9-19-35)43-44-41-25-16-14-21-10-4-6-12-23(21)28(25)29-24-13-7-5-11-22(24)15-17-26(29)42-44/h4-7,10-17,27,30-33H,3,8-9,18-20H2,1-2H3/t27-,30+,31-,32+,33+/m0/s1. The van der Waals surface area contributed by atoms with E-state index in [1.807, 2.05) is 26.0 Å². The van der Waals surface area contributed by atoms with Crippen molar-refractivity contribution in [2.75, 3.05) is 6.61 Å². The van der Waals surface area contributed by atoms with Crippen LogP contribution >= 0.6 is 8.24 Å². The molecule has 8 nitrogen and oxygen atoms in total. The second kappa shape index (κ2) is 10.3. The SMILES string of the molecule is CC1(C)OC[C@@H]([C@H]2O[C@@H]3OC4(CCCCC4)O[C@@H]3[C@H]2Op2oc3ccc4ccccc4c3c3c(ccc4ccccc43)o2)O1. The van der Waals surface area contributed by atoms with Gasteiger partial charge in [-0.2, -0.15) is 0 Å². The van der Waals surface area contributed by atoms with Gasteiger partial charge in [0, 0.05) is 23.6 Å². The van der Waals surface area contributed by atoms with Crippen molar-refractivity contribution in [3.05, 3.63) is 72.8 Å². The van der Waals surface area contributed by atoms with Gasteiger partial charge < -0.3 is 32.1 Å². The third-order valence-corrected chi connectivity index (χ3v) is 10.6. The molecule has 1 aromatic heterocycles. The molecule has 0 amide bonds. The minimum atomic E-state index is -1.92. The van der Waals surface area contributed by atoms with Crippen molar-refractivity contribution in [1.29, 1.82) is 0 Å². The summed E-state index contributed by atoms with van der Waals surface area (Å²) in [6.07, 6.45) is 2.60. The van der Waals surface area contributed by atoms with E-state index < -0.39 is 44.4 Å². The van der Waals surface area contributed by atoms with Gasteiger partial charge in [0.05, 0.1) is 6.61 Å². The van der Waals surface area contributed by atoms with Gasteiger partial charge in [-0.05, 0) is 60.4 Å². The molecule has 0 radical (unpaired) electrons. The maximum absolute atomic E-state index is 6.87. The van der Waals surface area contributed by atoms with Gasteiger partial charge in [0.1, 0.15) is 35.6 Å². The average molecular weight is 615 g/mol. The van der Waals surface area contributed by atoms with Crippen molar-refractivity contribution in [3.63, 3.8) is 0 Å². The lowest BCUT2D eigenvalue weighted by Gasteiger charge is -2.34. The van der Waals surface area contributed by atoms with Crippen molar-refractivity contribution >= 4 is 51.7 Å².